The Hall–Kier alpha value is -1.71. The maximum Gasteiger partial charge on any atom is 0.0914 e. The van der Waals surface area contributed by atoms with Gasteiger partial charge in [-0.25, -0.2) is 0 Å². The second-order valence-electron chi connectivity index (χ2n) is 5.75. The van der Waals surface area contributed by atoms with E-state index >= 15 is 0 Å². The van der Waals surface area contributed by atoms with Crippen molar-refractivity contribution < 1.29 is 5.11 Å². The van der Waals surface area contributed by atoms with E-state index in [4.69, 9.17) is 0 Å². The topological polar surface area (TPSA) is 45.1 Å². The van der Waals surface area contributed by atoms with Crippen LogP contribution in [-0.2, 0) is 0 Å². The predicted molar refractivity (Wildman–Crippen MR) is 86.1 cm³/mol. The average molecular weight is 284 g/mol. The molecule has 2 rings (SSSR count). The van der Waals surface area contributed by atoms with Crippen molar-refractivity contribution in [3.05, 3.63) is 65.5 Å². The van der Waals surface area contributed by atoms with E-state index in [1.807, 2.05) is 24.3 Å². The maximum absolute atomic E-state index is 10.3. The summed E-state index contributed by atoms with van der Waals surface area (Å²) in [6, 6.07) is 12.4. The van der Waals surface area contributed by atoms with E-state index in [9.17, 15) is 5.11 Å². The first-order valence-corrected chi connectivity index (χ1v) is 7.49. The molecule has 0 fully saturated rings. The van der Waals surface area contributed by atoms with Gasteiger partial charge in [0.2, 0.25) is 0 Å². The zero-order chi connectivity index (χ0) is 15.2. The first-order chi connectivity index (χ1) is 10.1. The summed E-state index contributed by atoms with van der Waals surface area (Å²) in [6.07, 6.45) is 3.08. The maximum atomic E-state index is 10.3. The minimum absolute atomic E-state index is 0.192. The highest BCUT2D eigenvalue weighted by Crippen LogP contribution is 2.19. The van der Waals surface area contributed by atoms with Crippen molar-refractivity contribution in [1.29, 1.82) is 0 Å². The highest BCUT2D eigenvalue weighted by molar-refractivity contribution is 5.26. The molecule has 1 aromatic carbocycles. The molecule has 1 aromatic heterocycles. The van der Waals surface area contributed by atoms with Crippen LogP contribution in [0, 0.1) is 0 Å². The lowest BCUT2D eigenvalue weighted by Crippen LogP contribution is -2.24. The van der Waals surface area contributed by atoms with Crippen molar-refractivity contribution >= 4 is 0 Å². The van der Waals surface area contributed by atoms with Gasteiger partial charge in [0.05, 0.1) is 6.10 Å². The van der Waals surface area contributed by atoms with Crippen LogP contribution in [0.2, 0.25) is 0 Å². The van der Waals surface area contributed by atoms with Crippen molar-refractivity contribution in [3.63, 3.8) is 0 Å². The van der Waals surface area contributed by atoms with Gasteiger partial charge in [0.25, 0.3) is 0 Å². The fourth-order valence-electron chi connectivity index (χ4n) is 2.28. The van der Waals surface area contributed by atoms with Crippen molar-refractivity contribution in [1.82, 2.24) is 10.3 Å². The molecule has 0 spiro atoms. The highest BCUT2D eigenvalue weighted by Gasteiger charge is 2.11. The Kier molecular flexibility index (Phi) is 5.48. The normalized spacial score (nSPS) is 14.1. The largest absolute Gasteiger partial charge is 0.387 e. The third kappa shape index (κ3) is 4.38. The number of pyridine rings is 1. The fourth-order valence-corrected chi connectivity index (χ4v) is 2.28. The first kappa shape index (κ1) is 15.7. The van der Waals surface area contributed by atoms with Crippen molar-refractivity contribution in [2.75, 3.05) is 6.54 Å². The molecule has 112 valence electrons. The van der Waals surface area contributed by atoms with E-state index in [-0.39, 0.29) is 6.04 Å². The van der Waals surface area contributed by atoms with Gasteiger partial charge in [-0.1, -0.05) is 38.1 Å². The number of aliphatic hydroxyl groups is 1. The van der Waals surface area contributed by atoms with E-state index in [0.29, 0.717) is 12.5 Å². The Morgan fingerprint density at radius 3 is 2.05 bits per heavy atom. The molecule has 2 atom stereocenters. The molecule has 2 aromatic rings. The summed E-state index contributed by atoms with van der Waals surface area (Å²) in [4.78, 5) is 4.02. The molecule has 0 aliphatic rings. The van der Waals surface area contributed by atoms with Crippen molar-refractivity contribution in [2.45, 2.75) is 38.8 Å². The van der Waals surface area contributed by atoms with Crippen LogP contribution in [0.4, 0.5) is 0 Å². The van der Waals surface area contributed by atoms with E-state index in [1.54, 1.807) is 12.4 Å². The van der Waals surface area contributed by atoms with Gasteiger partial charge in [0, 0.05) is 25.0 Å². The standard InChI is InChI=1S/C18H24N2O/c1-13(2)15-4-6-17(7-5-15)18(21)12-20-14(3)16-8-10-19-11-9-16/h4-11,13-14,18,20-21H,12H2,1-3H3/t14-,18?/m1/s1. The molecule has 3 nitrogen and oxygen atoms in total. The minimum Gasteiger partial charge on any atom is -0.387 e. The number of benzene rings is 1. The number of hydrogen-bond donors (Lipinski definition) is 2. The summed E-state index contributed by atoms with van der Waals surface area (Å²) in [6.45, 7) is 6.96. The molecule has 3 heteroatoms. The van der Waals surface area contributed by atoms with Crippen LogP contribution in [0.5, 0.6) is 0 Å². The second kappa shape index (κ2) is 7.34. The smallest absolute Gasteiger partial charge is 0.0914 e. The fraction of sp³-hybridized carbons (Fsp3) is 0.389. The number of nitrogens with one attached hydrogen (secondary N) is 1. The average Bonchev–Trinajstić information content (AvgIpc) is 2.53. The Labute approximate surface area is 127 Å². The molecule has 0 saturated carbocycles. The summed E-state index contributed by atoms with van der Waals surface area (Å²) < 4.78 is 0. The molecular formula is C18H24N2O. The SMILES string of the molecule is CC(C)c1ccc(C(O)CN[C@H](C)c2ccncc2)cc1. The molecule has 0 aliphatic carbocycles. The number of aliphatic hydroxyl groups excluding tert-OH is 1. The summed E-state index contributed by atoms with van der Waals surface area (Å²) in [5.74, 6) is 0.515. The van der Waals surface area contributed by atoms with E-state index < -0.39 is 6.10 Å². The monoisotopic (exact) mass is 284 g/mol. The second-order valence-corrected chi connectivity index (χ2v) is 5.75. The minimum atomic E-state index is -0.490. The van der Waals surface area contributed by atoms with E-state index in [1.165, 1.54) is 11.1 Å². The molecule has 1 unspecified atom stereocenters. The van der Waals surface area contributed by atoms with Crippen LogP contribution in [0.15, 0.2) is 48.8 Å². The Morgan fingerprint density at radius 2 is 1.48 bits per heavy atom. The Bertz CT molecular complexity index is 537. The van der Waals surface area contributed by atoms with Gasteiger partial charge >= 0.3 is 0 Å². The molecule has 0 bridgehead atoms. The van der Waals surface area contributed by atoms with Gasteiger partial charge in [0.15, 0.2) is 0 Å². The van der Waals surface area contributed by atoms with Gasteiger partial charge in [-0.2, -0.15) is 0 Å². The third-order valence-electron chi connectivity index (χ3n) is 3.81. The van der Waals surface area contributed by atoms with Gasteiger partial charge in [-0.05, 0) is 41.7 Å². The Balaban J connectivity index is 1.91. The Morgan fingerprint density at radius 1 is 0.905 bits per heavy atom. The molecule has 2 N–H and O–H groups in total. The molecule has 1 heterocycles. The quantitative estimate of drug-likeness (QED) is 0.852. The number of hydrogen-bond acceptors (Lipinski definition) is 3. The van der Waals surface area contributed by atoms with Crippen LogP contribution in [0.25, 0.3) is 0 Å². The van der Waals surface area contributed by atoms with Crippen LogP contribution < -0.4 is 5.32 Å². The first-order valence-electron chi connectivity index (χ1n) is 7.49. The van der Waals surface area contributed by atoms with Gasteiger partial charge in [0.1, 0.15) is 0 Å². The van der Waals surface area contributed by atoms with E-state index in [2.05, 4.69) is 43.2 Å². The molecule has 0 amide bonds. The van der Waals surface area contributed by atoms with Crippen LogP contribution >= 0.6 is 0 Å². The number of aromatic nitrogens is 1. The lowest BCUT2D eigenvalue weighted by atomic mass is 10.00. The third-order valence-corrected chi connectivity index (χ3v) is 3.81. The predicted octanol–water partition coefficient (Wildman–Crippen LogP) is 3.59. The van der Waals surface area contributed by atoms with Gasteiger partial charge in [-0.3, -0.25) is 4.98 Å². The zero-order valence-corrected chi connectivity index (χ0v) is 13.0. The van der Waals surface area contributed by atoms with Crippen LogP contribution in [0.1, 0.15) is 55.5 Å². The summed E-state index contributed by atoms with van der Waals surface area (Å²) in [5.41, 5.74) is 3.42. The molecular weight excluding hydrogens is 260 g/mol. The summed E-state index contributed by atoms with van der Waals surface area (Å²) >= 11 is 0. The summed E-state index contributed by atoms with van der Waals surface area (Å²) in [5, 5.41) is 13.6. The molecule has 0 radical (unpaired) electrons. The lowest BCUT2D eigenvalue weighted by Gasteiger charge is -2.18. The van der Waals surface area contributed by atoms with Gasteiger partial charge in [-0.15, -0.1) is 0 Å². The lowest BCUT2D eigenvalue weighted by molar-refractivity contribution is 0.171. The zero-order valence-electron chi connectivity index (χ0n) is 13.0. The molecule has 21 heavy (non-hydrogen) atoms. The molecule has 0 saturated heterocycles. The molecule has 0 aliphatic heterocycles. The van der Waals surface area contributed by atoms with Crippen LogP contribution in [-0.4, -0.2) is 16.6 Å². The van der Waals surface area contributed by atoms with Gasteiger partial charge < -0.3 is 10.4 Å². The highest BCUT2D eigenvalue weighted by atomic mass is 16.3. The van der Waals surface area contributed by atoms with Crippen molar-refractivity contribution in [3.8, 4) is 0 Å². The van der Waals surface area contributed by atoms with Crippen LogP contribution in [0.3, 0.4) is 0 Å². The van der Waals surface area contributed by atoms with Crippen molar-refractivity contribution in [2.24, 2.45) is 0 Å². The number of nitrogens with zero attached hydrogens (tertiary/aromatic N) is 1. The van der Waals surface area contributed by atoms with E-state index in [0.717, 1.165) is 5.56 Å². The summed E-state index contributed by atoms with van der Waals surface area (Å²) in [7, 11) is 0. The number of rotatable bonds is 6.